The number of hydrogen-bond acceptors (Lipinski definition) is 5. The molecule has 18 heavy (non-hydrogen) atoms. The van der Waals surface area contributed by atoms with E-state index < -0.39 is 6.09 Å². The molecule has 0 aliphatic carbocycles. The van der Waals surface area contributed by atoms with E-state index in [1.165, 1.54) is 31.3 Å². The number of nitrogens with zero attached hydrogens (tertiary/aromatic N) is 2. The highest BCUT2D eigenvalue weighted by atomic mass is 19.1. The van der Waals surface area contributed by atoms with E-state index in [-0.39, 0.29) is 24.2 Å². The molecule has 0 unspecified atom stereocenters. The van der Waals surface area contributed by atoms with Crippen LogP contribution >= 0.6 is 0 Å². The molecule has 6 nitrogen and oxygen atoms in total. The van der Waals surface area contributed by atoms with Crippen LogP contribution in [0.2, 0.25) is 0 Å². The molecule has 0 atom stereocenters. The van der Waals surface area contributed by atoms with E-state index in [9.17, 15) is 9.18 Å². The van der Waals surface area contributed by atoms with Gasteiger partial charge in [0.05, 0.1) is 0 Å². The highest BCUT2D eigenvalue weighted by molar-refractivity contribution is 5.66. The minimum Gasteiger partial charge on any atom is -0.439 e. The molecule has 7 heteroatoms. The third-order valence-electron chi connectivity index (χ3n) is 2.09. The number of ether oxygens (including phenoxy) is 1. The van der Waals surface area contributed by atoms with E-state index in [1.54, 1.807) is 0 Å². The number of rotatable bonds is 3. The molecule has 0 saturated heterocycles. The van der Waals surface area contributed by atoms with Crippen LogP contribution in [0.4, 0.5) is 9.18 Å². The van der Waals surface area contributed by atoms with Gasteiger partial charge in [-0.25, -0.2) is 9.18 Å². The van der Waals surface area contributed by atoms with Crippen molar-refractivity contribution in [2.75, 3.05) is 7.05 Å². The lowest BCUT2D eigenvalue weighted by atomic mass is 10.2. The largest absolute Gasteiger partial charge is 0.439 e. The van der Waals surface area contributed by atoms with Gasteiger partial charge < -0.3 is 14.5 Å². The van der Waals surface area contributed by atoms with Crippen LogP contribution in [-0.4, -0.2) is 23.3 Å². The number of halogens is 1. The molecule has 0 aliphatic heterocycles. The first kappa shape index (κ1) is 12.0. The van der Waals surface area contributed by atoms with Gasteiger partial charge in [-0.05, 0) is 24.3 Å². The molecule has 1 heterocycles. The van der Waals surface area contributed by atoms with Crippen LogP contribution in [0.5, 0.6) is 0 Å². The van der Waals surface area contributed by atoms with Gasteiger partial charge in [0.25, 0.3) is 5.89 Å². The fourth-order valence-electron chi connectivity index (χ4n) is 1.22. The van der Waals surface area contributed by atoms with Gasteiger partial charge in [-0.15, -0.1) is 10.2 Å². The summed E-state index contributed by atoms with van der Waals surface area (Å²) in [6.07, 6.45) is -0.587. The summed E-state index contributed by atoms with van der Waals surface area (Å²) < 4.78 is 22.7. The molecule has 94 valence electrons. The van der Waals surface area contributed by atoms with Gasteiger partial charge >= 0.3 is 6.09 Å². The number of benzene rings is 1. The summed E-state index contributed by atoms with van der Waals surface area (Å²) in [7, 11) is 1.44. The molecule has 1 N–H and O–H groups in total. The zero-order valence-electron chi connectivity index (χ0n) is 9.51. The Morgan fingerprint density at radius 2 is 2.11 bits per heavy atom. The van der Waals surface area contributed by atoms with Gasteiger partial charge in [-0.3, -0.25) is 0 Å². The molecule has 0 bridgehead atoms. The van der Waals surface area contributed by atoms with Gasteiger partial charge in [0.15, 0.2) is 6.61 Å². The fourth-order valence-corrected chi connectivity index (χ4v) is 1.22. The highest BCUT2D eigenvalue weighted by Crippen LogP contribution is 2.18. The summed E-state index contributed by atoms with van der Waals surface area (Å²) in [6.45, 7) is -0.117. The Morgan fingerprint density at radius 1 is 1.39 bits per heavy atom. The number of aromatic nitrogens is 2. The van der Waals surface area contributed by atoms with Crippen molar-refractivity contribution in [2.45, 2.75) is 6.61 Å². The summed E-state index contributed by atoms with van der Waals surface area (Å²) in [6, 6.07) is 5.62. The molecule has 1 aromatic heterocycles. The third kappa shape index (κ3) is 2.82. The fraction of sp³-hybridized carbons (Fsp3) is 0.182. The number of hydrogen-bond donors (Lipinski definition) is 1. The van der Waals surface area contributed by atoms with Crippen LogP contribution in [-0.2, 0) is 11.3 Å². The molecule has 0 radical (unpaired) electrons. The normalized spacial score (nSPS) is 10.1. The first-order chi connectivity index (χ1) is 8.69. The molecule has 2 aromatic rings. The van der Waals surface area contributed by atoms with Crippen LogP contribution in [0.15, 0.2) is 28.7 Å². The molecular weight excluding hydrogens is 241 g/mol. The lowest BCUT2D eigenvalue weighted by molar-refractivity contribution is 0.131. The predicted molar refractivity (Wildman–Crippen MR) is 58.9 cm³/mol. The Kier molecular flexibility index (Phi) is 3.52. The smallest absolute Gasteiger partial charge is 0.407 e. The zero-order valence-corrected chi connectivity index (χ0v) is 9.51. The van der Waals surface area contributed by atoms with E-state index in [2.05, 4.69) is 15.5 Å². The number of carbonyl (C=O) groups is 1. The first-order valence-corrected chi connectivity index (χ1v) is 5.12. The molecule has 1 aromatic carbocycles. The maximum absolute atomic E-state index is 12.7. The van der Waals surface area contributed by atoms with Crippen LogP contribution in [0.3, 0.4) is 0 Å². The Hall–Kier alpha value is -2.44. The van der Waals surface area contributed by atoms with Crippen molar-refractivity contribution in [2.24, 2.45) is 0 Å². The van der Waals surface area contributed by atoms with E-state index in [0.717, 1.165) is 0 Å². The van der Waals surface area contributed by atoms with Gasteiger partial charge in [0.2, 0.25) is 5.89 Å². The van der Waals surface area contributed by atoms with Gasteiger partial charge in [0.1, 0.15) is 5.82 Å². The first-order valence-electron chi connectivity index (χ1n) is 5.12. The Labute approximate surface area is 102 Å². The summed E-state index contributed by atoms with van der Waals surface area (Å²) >= 11 is 0. The summed E-state index contributed by atoms with van der Waals surface area (Å²) in [5, 5.41) is 9.76. The number of amides is 1. The topological polar surface area (TPSA) is 77.2 Å². The summed E-state index contributed by atoms with van der Waals surface area (Å²) in [5.74, 6) is 0.0601. The van der Waals surface area contributed by atoms with Crippen LogP contribution in [0.25, 0.3) is 11.5 Å². The quantitative estimate of drug-likeness (QED) is 0.898. The maximum Gasteiger partial charge on any atom is 0.407 e. The minimum absolute atomic E-state index is 0.117. The van der Waals surface area contributed by atoms with Crippen molar-refractivity contribution in [1.29, 1.82) is 0 Å². The van der Waals surface area contributed by atoms with E-state index in [4.69, 9.17) is 9.15 Å². The molecule has 1 amide bonds. The summed E-state index contributed by atoms with van der Waals surface area (Å²) in [4.78, 5) is 10.8. The van der Waals surface area contributed by atoms with E-state index >= 15 is 0 Å². The van der Waals surface area contributed by atoms with Gasteiger partial charge in [-0.1, -0.05) is 0 Å². The van der Waals surface area contributed by atoms with Crippen molar-refractivity contribution in [3.05, 3.63) is 36.0 Å². The molecular formula is C11H10FN3O3. The second-order valence-electron chi connectivity index (χ2n) is 3.33. The van der Waals surface area contributed by atoms with Crippen molar-refractivity contribution < 1.29 is 18.3 Å². The standard InChI is InChI=1S/C11H10FN3O3/c1-13-11(16)17-6-9-14-15-10(18-9)7-2-4-8(12)5-3-7/h2-5H,6H2,1H3,(H,13,16). The van der Waals surface area contributed by atoms with Crippen molar-refractivity contribution >= 4 is 6.09 Å². The van der Waals surface area contributed by atoms with Crippen LogP contribution in [0, 0.1) is 5.82 Å². The predicted octanol–water partition coefficient (Wildman–Crippen LogP) is 1.73. The number of alkyl carbamates (subject to hydrolysis) is 1. The Morgan fingerprint density at radius 3 is 2.78 bits per heavy atom. The van der Waals surface area contributed by atoms with E-state index in [0.29, 0.717) is 5.56 Å². The van der Waals surface area contributed by atoms with E-state index in [1.807, 2.05) is 0 Å². The number of carbonyl (C=O) groups excluding carboxylic acids is 1. The Balaban J connectivity index is 2.06. The SMILES string of the molecule is CNC(=O)OCc1nnc(-c2ccc(F)cc2)o1. The minimum atomic E-state index is -0.587. The number of nitrogens with one attached hydrogen (secondary N) is 1. The molecule has 0 aliphatic rings. The lowest BCUT2D eigenvalue weighted by Gasteiger charge is -1.98. The monoisotopic (exact) mass is 251 g/mol. The zero-order chi connectivity index (χ0) is 13.0. The van der Waals surface area contributed by atoms with Gasteiger partial charge in [-0.2, -0.15) is 0 Å². The average molecular weight is 251 g/mol. The molecule has 2 rings (SSSR count). The maximum atomic E-state index is 12.7. The Bertz CT molecular complexity index is 539. The molecule has 0 saturated carbocycles. The third-order valence-corrected chi connectivity index (χ3v) is 2.09. The van der Waals surface area contributed by atoms with Crippen molar-refractivity contribution in [1.82, 2.24) is 15.5 Å². The van der Waals surface area contributed by atoms with Crippen LogP contribution < -0.4 is 5.32 Å². The molecule has 0 spiro atoms. The second-order valence-corrected chi connectivity index (χ2v) is 3.33. The van der Waals surface area contributed by atoms with Crippen LogP contribution in [0.1, 0.15) is 5.89 Å². The lowest BCUT2D eigenvalue weighted by Crippen LogP contribution is -2.18. The van der Waals surface area contributed by atoms with Gasteiger partial charge in [0, 0.05) is 12.6 Å². The van der Waals surface area contributed by atoms with Crippen molar-refractivity contribution in [3.8, 4) is 11.5 Å². The highest BCUT2D eigenvalue weighted by Gasteiger charge is 2.10. The molecule has 0 fully saturated rings. The summed E-state index contributed by atoms with van der Waals surface area (Å²) in [5.41, 5.74) is 0.593. The van der Waals surface area contributed by atoms with Crippen molar-refractivity contribution in [3.63, 3.8) is 0 Å². The average Bonchev–Trinajstić information content (AvgIpc) is 2.85. The second kappa shape index (κ2) is 5.26.